The molecule has 7 heteroatoms. The van der Waals surface area contributed by atoms with Crippen LogP contribution in [0.25, 0.3) is 0 Å². The third-order valence-electron chi connectivity index (χ3n) is 2.87. The number of carboxylic acids is 1. The summed E-state index contributed by atoms with van der Waals surface area (Å²) in [6, 6.07) is 2.77. The summed E-state index contributed by atoms with van der Waals surface area (Å²) in [6.45, 7) is 3.06. The van der Waals surface area contributed by atoms with Gasteiger partial charge in [-0.15, -0.1) is 0 Å². The summed E-state index contributed by atoms with van der Waals surface area (Å²) in [5.41, 5.74) is 0.785. The molecule has 1 aromatic heterocycles. The van der Waals surface area contributed by atoms with Gasteiger partial charge >= 0.3 is 5.97 Å². The van der Waals surface area contributed by atoms with Crippen LogP contribution in [0, 0.1) is 0 Å². The van der Waals surface area contributed by atoms with Crippen LogP contribution in [-0.4, -0.2) is 20.6 Å². The van der Waals surface area contributed by atoms with Crippen molar-refractivity contribution in [1.82, 2.24) is 9.55 Å². The van der Waals surface area contributed by atoms with Gasteiger partial charge in [0.1, 0.15) is 12.2 Å². The molecule has 0 bridgehead atoms. The van der Waals surface area contributed by atoms with Crippen molar-refractivity contribution in [2.75, 3.05) is 0 Å². The van der Waals surface area contributed by atoms with E-state index in [-0.39, 0.29) is 28.0 Å². The van der Waals surface area contributed by atoms with Crippen molar-refractivity contribution in [3.63, 3.8) is 0 Å². The lowest BCUT2D eigenvalue weighted by molar-refractivity contribution is 0.0691. The van der Waals surface area contributed by atoms with E-state index in [4.69, 9.17) is 27.9 Å². The summed E-state index contributed by atoms with van der Waals surface area (Å²) in [5.74, 6) is -1.03. The Balaban J connectivity index is 2.23. The highest BCUT2D eigenvalue weighted by Gasteiger charge is 2.17. The van der Waals surface area contributed by atoms with Gasteiger partial charge in [-0.3, -0.25) is 0 Å². The zero-order valence-electron chi connectivity index (χ0n) is 11.3. The van der Waals surface area contributed by atoms with Gasteiger partial charge in [0.05, 0.1) is 23.2 Å². The van der Waals surface area contributed by atoms with E-state index >= 15 is 0 Å². The molecule has 0 aliphatic rings. The third kappa shape index (κ3) is 3.68. The molecule has 0 aliphatic carbocycles. The highest BCUT2D eigenvalue weighted by atomic mass is 35.5. The summed E-state index contributed by atoms with van der Waals surface area (Å²) in [7, 11) is 0. The zero-order chi connectivity index (χ0) is 15.4. The van der Waals surface area contributed by atoms with E-state index < -0.39 is 5.97 Å². The number of aryl methyl sites for hydroxylation is 1. The number of hydrogen-bond donors (Lipinski definition) is 1. The predicted octanol–water partition coefficient (Wildman–Crippen LogP) is 3.88. The Kier molecular flexibility index (Phi) is 5.09. The first-order valence-corrected chi connectivity index (χ1v) is 7.12. The summed E-state index contributed by atoms with van der Waals surface area (Å²) in [6.07, 6.45) is 4.36. The summed E-state index contributed by atoms with van der Waals surface area (Å²) in [5, 5.41) is 9.61. The standard InChI is InChI=1S/C14H14Cl2N2O3/c1-2-3-18-8-17-6-10(18)7-21-13-11(14(19)20)4-9(15)5-12(13)16/h4-6,8H,2-3,7H2,1H3,(H,19,20). The minimum absolute atomic E-state index is 0.0611. The molecule has 0 atom stereocenters. The van der Waals surface area contributed by atoms with Crippen LogP contribution in [0.1, 0.15) is 29.4 Å². The smallest absolute Gasteiger partial charge is 0.339 e. The zero-order valence-corrected chi connectivity index (χ0v) is 12.9. The summed E-state index contributed by atoms with van der Waals surface area (Å²) in [4.78, 5) is 15.3. The molecule has 112 valence electrons. The molecule has 2 aromatic rings. The number of carbonyl (C=O) groups is 1. The fraction of sp³-hybridized carbons (Fsp3) is 0.286. The van der Waals surface area contributed by atoms with E-state index in [9.17, 15) is 9.90 Å². The van der Waals surface area contributed by atoms with Crippen molar-refractivity contribution in [2.45, 2.75) is 26.5 Å². The van der Waals surface area contributed by atoms with Crippen molar-refractivity contribution in [2.24, 2.45) is 0 Å². The Labute approximate surface area is 132 Å². The molecular weight excluding hydrogens is 315 g/mol. The van der Waals surface area contributed by atoms with E-state index in [0.29, 0.717) is 0 Å². The summed E-state index contributed by atoms with van der Waals surface area (Å²) >= 11 is 11.8. The Bertz CT molecular complexity index is 656. The fourth-order valence-corrected chi connectivity index (χ4v) is 2.47. The molecule has 1 N–H and O–H groups in total. The SMILES string of the molecule is CCCn1cncc1COc1c(Cl)cc(Cl)cc1C(=O)O. The van der Waals surface area contributed by atoms with Crippen molar-refractivity contribution in [1.29, 1.82) is 0 Å². The van der Waals surface area contributed by atoms with Gasteiger partial charge in [-0.05, 0) is 18.6 Å². The Morgan fingerprint density at radius 3 is 2.86 bits per heavy atom. The van der Waals surface area contributed by atoms with E-state index in [1.165, 1.54) is 12.1 Å². The fourth-order valence-electron chi connectivity index (χ4n) is 1.92. The Morgan fingerprint density at radius 1 is 1.43 bits per heavy atom. The van der Waals surface area contributed by atoms with E-state index in [1.54, 1.807) is 12.5 Å². The number of imidazole rings is 1. The molecule has 0 unspecified atom stereocenters. The van der Waals surface area contributed by atoms with Gasteiger partial charge in [-0.25, -0.2) is 9.78 Å². The van der Waals surface area contributed by atoms with Crippen molar-refractivity contribution < 1.29 is 14.6 Å². The highest BCUT2D eigenvalue weighted by Crippen LogP contribution is 2.33. The molecular formula is C14H14Cl2N2O3. The monoisotopic (exact) mass is 328 g/mol. The first-order chi connectivity index (χ1) is 10.0. The van der Waals surface area contributed by atoms with Gasteiger partial charge in [0, 0.05) is 11.6 Å². The Morgan fingerprint density at radius 2 is 2.19 bits per heavy atom. The minimum Gasteiger partial charge on any atom is -0.485 e. The number of aromatic carboxylic acids is 1. The molecule has 0 fully saturated rings. The van der Waals surface area contributed by atoms with Crippen molar-refractivity contribution in [3.05, 3.63) is 46.0 Å². The largest absolute Gasteiger partial charge is 0.485 e. The second-order valence-corrected chi connectivity index (χ2v) is 5.28. The maximum atomic E-state index is 11.2. The van der Waals surface area contributed by atoms with E-state index in [2.05, 4.69) is 11.9 Å². The molecule has 0 saturated heterocycles. The Hall–Kier alpha value is -1.72. The van der Waals surface area contributed by atoms with Gasteiger partial charge in [0.2, 0.25) is 0 Å². The highest BCUT2D eigenvalue weighted by molar-refractivity contribution is 6.36. The number of ether oxygens (including phenoxy) is 1. The maximum absolute atomic E-state index is 11.2. The molecule has 0 aliphatic heterocycles. The maximum Gasteiger partial charge on any atom is 0.339 e. The molecule has 0 amide bonds. The normalized spacial score (nSPS) is 10.6. The minimum atomic E-state index is -1.14. The van der Waals surface area contributed by atoms with Crippen molar-refractivity contribution in [3.8, 4) is 5.75 Å². The van der Waals surface area contributed by atoms with E-state index in [1.807, 2.05) is 4.57 Å². The van der Waals surface area contributed by atoms with Gasteiger partial charge < -0.3 is 14.4 Å². The number of nitrogens with zero attached hydrogens (tertiary/aromatic N) is 2. The lowest BCUT2D eigenvalue weighted by atomic mass is 10.2. The predicted molar refractivity (Wildman–Crippen MR) is 80.3 cm³/mol. The number of carboxylic acid groups (broad SMARTS) is 1. The van der Waals surface area contributed by atoms with Gasteiger partial charge in [0.25, 0.3) is 0 Å². The number of benzene rings is 1. The number of halogens is 2. The average molecular weight is 329 g/mol. The third-order valence-corrected chi connectivity index (χ3v) is 3.37. The van der Waals surface area contributed by atoms with Crippen LogP contribution in [0.2, 0.25) is 10.0 Å². The molecule has 0 saturated carbocycles. The van der Waals surface area contributed by atoms with Crippen LogP contribution < -0.4 is 4.74 Å². The van der Waals surface area contributed by atoms with Crippen LogP contribution in [-0.2, 0) is 13.2 Å². The number of hydrogen-bond acceptors (Lipinski definition) is 3. The van der Waals surface area contributed by atoms with Gasteiger partial charge in [-0.2, -0.15) is 0 Å². The van der Waals surface area contributed by atoms with Crippen molar-refractivity contribution >= 4 is 29.2 Å². The van der Waals surface area contributed by atoms with Crippen LogP contribution in [0.3, 0.4) is 0 Å². The van der Waals surface area contributed by atoms with Crippen LogP contribution in [0.4, 0.5) is 0 Å². The van der Waals surface area contributed by atoms with Gasteiger partial charge in [-0.1, -0.05) is 30.1 Å². The molecule has 21 heavy (non-hydrogen) atoms. The van der Waals surface area contributed by atoms with Crippen LogP contribution in [0.15, 0.2) is 24.7 Å². The second-order valence-electron chi connectivity index (χ2n) is 4.44. The molecule has 5 nitrogen and oxygen atoms in total. The second kappa shape index (κ2) is 6.83. The molecule has 1 aromatic carbocycles. The van der Waals surface area contributed by atoms with Crippen LogP contribution >= 0.6 is 23.2 Å². The molecule has 1 heterocycles. The molecule has 2 rings (SSSR count). The first-order valence-electron chi connectivity index (χ1n) is 6.37. The lowest BCUT2D eigenvalue weighted by Crippen LogP contribution is -2.08. The van der Waals surface area contributed by atoms with Gasteiger partial charge in [0.15, 0.2) is 5.75 Å². The quantitative estimate of drug-likeness (QED) is 0.873. The number of rotatable bonds is 6. The number of aromatic nitrogens is 2. The summed E-state index contributed by atoms with van der Waals surface area (Å²) < 4.78 is 7.53. The average Bonchev–Trinajstić information content (AvgIpc) is 2.85. The first kappa shape index (κ1) is 15.7. The lowest BCUT2D eigenvalue weighted by Gasteiger charge is -2.12. The molecule has 0 spiro atoms. The molecule has 0 radical (unpaired) electrons. The topological polar surface area (TPSA) is 64.4 Å². The van der Waals surface area contributed by atoms with Crippen LogP contribution in [0.5, 0.6) is 5.75 Å². The van der Waals surface area contributed by atoms with E-state index in [0.717, 1.165) is 18.7 Å².